The van der Waals surface area contributed by atoms with Crippen molar-refractivity contribution in [1.82, 2.24) is 4.37 Å². The van der Waals surface area contributed by atoms with Gasteiger partial charge in [-0.1, -0.05) is 44.2 Å². The number of benzene rings is 2. The lowest BCUT2D eigenvalue weighted by Gasteiger charge is -2.20. The second kappa shape index (κ2) is 7.90. The largest absolute Gasteiger partial charge is 0.468 e. The van der Waals surface area contributed by atoms with E-state index in [1.807, 2.05) is 56.4 Å². The van der Waals surface area contributed by atoms with Gasteiger partial charge in [0.2, 0.25) is 0 Å². The molecule has 26 heavy (non-hydrogen) atoms. The molecule has 1 aromatic heterocycles. The normalized spacial score (nSPS) is 12.1. The van der Waals surface area contributed by atoms with Crippen molar-refractivity contribution in [2.24, 2.45) is 5.92 Å². The highest BCUT2D eigenvalue weighted by Crippen LogP contribution is 2.42. The summed E-state index contributed by atoms with van der Waals surface area (Å²) < 4.78 is 10.4. The Balaban J connectivity index is 2.13. The molecule has 0 fully saturated rings. The van der Waals surface area contributed by atoms with Gasteiger partial charge in [0.25, 0.3) is 0 Å². The van der Waals surface area contributed by atoms with Crippen LogP contribution in [0.4, 0.5) is 5.69 Å². The first-order chi connectivity index (χ1) is 12.5. The van der Waals surface area contributed by atoms with Crippen molar-refractivity contribution in [3.05, 3.63) is 54.0 Å². The molecule has 0 radical (unpaired) electrons. The molecule has 1 unspecified atom stereocenters. The Morgan fingerprint density at radius 1 is 1.23 bits per heavy atom. The fraction of sp³-hybridized carbons (Fsp3) is 0.250. The second-order valence-electron chi connectivity index (χ2n) is 6.15. The van der Waals surface area contributed by atoms with Gasteiger partial charge in [0.1, 0.15) is 5.25 Å². The third kappa shape index (κ3) is 3.59. The molecule has 3 aromatic rings. The molecule has 0 saturated heterocycles. The van der Waals surface area contributed by atoms with Crippen LogP contribution in [0.25, 0.3) is 26.1 Å². The van der Waals surface area contributed by atoms with Gasteiger partial charge >= 0.3 is 5.97 Å². The van der Waals surface area contributed by atoms with E-state index < -0.39 is 0 Å². The van der Waals surface area contributed by atoms with E-state index in [0.29, 0.717) is 5.69 Å². The molecule has 0 saturated carbocycles. The van der Waals surface area contributed by atoms with Crippen LogP contribution in [-0.4, -0.2) is 22.7 Å². The zero-order valence-electron chi connectivity index (χ0n) is 14.7. The van der Waals surface area contributed by atoms with Crippen molar-refractivity contribution >= 4 is 45.0 Å². The highest BCUT2D eigenvalue weighted by Gasteiger charge is 2.26. The van der Waals surface area contributed by atoms with Crippen LogP contribution in [0.3, 0.4) is 0 Å². The lowest BCUT2D eigenvalue weighted by Crippen LogP contribution is -2.24. The first-order valence-electron chi connectivity index (χ1n) is 8.15. The summed E-state index contributed by atoms with van der Waals surface area (Å²) in [6, 6.07) is 11.6. The van der Waals surface area contributed by atoms with Crippen molar-refractivity contribution < 1.29 is 9.53 Å². The molecule has 0 amide bonds. The lowest BCUT2D eigenvalue weighted by atomic mass is 10.0. The van der Waals surface area contributed by atoms with Crippen molar-refractivity contribution in [2.45, 2.75) is 24.0 Å². The third-order valence-corrected chi connectivity index (χ3v) is 6.48. The van der Waals surface area contributed by atoms with E-state index >= 15 is 0 Å². The molecule has 2 aromatic carbocycles. The number of carbonyl (C=O) groups excluding carboxylic acids is 1. The van der Waals surface area contributed by atoms with Gasteiger partial charge in [0.05, 0.1) is 18.4 Å². The molecule has 1 atom stereocenters. The predicted octanol–water partition coefficient (Wildman–Crippen LogP) is 5.80. The minimum Gasteiger partial charge on any atom is -0.468 e. The van der Waals surface area contributed by atoms with Gasteiger partial charge in [0.15, 0.2) is 5.69 Å². The van der Waals surface area contributed by atoms with Crippen molar-refractivity contribution in [1.29, 1.82) is 0 Å². The van der Waals surface area contributed by atoms with Crippen LogP contribution in [0.5, 0.6) is 0 Å². The monoisotopic (exact) mass is 382 g/mol. The quantitative estimate of drug-likeness (QED) is 0.318. The molecule has 1 heterocycles. The number of thioether (sulfide) groups is 1. The maximum Gasteiger partial charge on any atom is 0.319 e. The fourth-order valence-electron chi connectivity index (χ4n) is 2.70. The summed E-state index contributed by atoms with van der Waals surface area (Å²) in [6.45, 7) is 11.2. The summed E-state index contributed by atoms with van der Waals surface area (Å²) in [4.78, 5) is 16.7. The van der Waals surface area contributed by atoms with E-state index in [0.717, 1.165) is 26.1 Å². The maximum atomic E-state index is 12.2. The summed E-state index contributed by atoms with van der Waals surface area (Å²) in [6.07, 6.45) is 1.85. The first kappa shape index (κ1) is 18.4. The molecule has 0 aliphatic rings. The molecule has 0 aliphatic carbocycles. The zero-order chi connectivity index (χ0) is 18.7. The smallest absolute Gasteiger partial charge is 0.319 e. The number of hydrogen-bond acceptors (Lipinski definition) is 5. The minimum atomic E-state index is -0.286. The maximum absolute atomic E-state index is 12.2. The Morgan fingerprint density at radius 3 is 2.58 bits per heavy atom. The van der Waals surface area contributed by atoms with Gasteiger partial charge in [-0.2, -0.15) is 4.37 Å². The molecule has 132 valence electrons. The second-order valence-corrected chi connectivity index (χ2v) is 8.13. The molecular weight excluding hydrogens is 364 g/mol. The molecule has 3 rings (SSSR count). The summed E-state index contributed by atoms with van der Waals surface area (Å²) in [5, 5.41) is 0.786. The minimum absolute atomic E-state index is 0.141. The summed E-state index contributed by atoms with van der Waals surface area (Å²) >= 11 is 2.97. The Hall–Kier alpha value is -2.36. The number of aromatic nitrogens is 1. The Kier molecular flexibility index (Phi) is 5.60. The van der Waals surface area contributed by atoms with E-state index in [2.05, 4.69) is 9.22 Å². The van der Waals surface area contributed by atoms with E-state index in [1.54, 1.807) is 0 Å². The summed E-state index contributed by atoms with van der Waals surface area (Å²) in [5.74, 6) is -0.0781. The number of ether oxygens (including phenoxy) is 1. The van der Waals surface area contributed by atoms with Gasteiger partial charge in [-0.15, -0.1) is 11.8 Å². The molecule has 0 spiro atoms. The van der Waals surface area contributed by atoms with Crippen LogP contribution in [0.1, 0.15) is 13.8 Å². The van der Waals surface area contributed by atoms with Crippen molar-refractivity contribution in [2.75, 3.05) is 7.11 Å². The molecule has 0 N–H and O–H groups in total. The first-order valence-corrected chi connectivity index (χ1v) is 9.80. The number of fused-ring (bicyclic) bond motifs is 1. The van der Waals surface area contributed by atoms with E-state index in [4.69, 9.17) is 11.3 Å². The number of rotatable bonds is 5. The standard InChI is InChI=1S/C20H18N2O2S2/c1-12(2)18(20(23)24-4)25-16-10-7-14-11-22-26-19(14)17(16)13-5-8-15(21-3)9-6-13/h5-12,18H,1-2,4H3. The van der Waals surface area contributed by atoms with Gasteiger partial charge in [-0.3, -0.25) is 4.79 Å². The average molecular weight is 383 g/mol. The number of hydrogen-bond donors (Lipinski definition) is 0. The molecule has 4 nitrogen and oxygen atoms in total. The van der Waals surface area contributed by atoms with Gasteiger partial charge < -0.3 is 4.74 Å². The van der Waals surface area contributed by atoms with Gasteiger partial charge in [-0.05, 0) is 29.1 Å². The molecule has 6 heteroatoms. The van der Waals surface area contributed by atoms with Crippen LogP contribution >= 0.6 is 23.3 Å². The average Bonchev–Trinajstić information content (AvgIpc) is 3.13. The van der Waals surface area contributed by atoms with Crippen molar-refractivity contribution in [3.8, 4) is 11.1 Å². The van der Waals surface area contributed by atoms with Crippen LogP contribution in [0.15, 0.2) is 47.5 Å². The SMILES string of the molecule is [C-]#[N+]c1ccc(-c2c(SC(C(=O)OC)C(C)C)ccc3cnsc23)cc1. The third-order valence-electron chi connectivity index (χ3n) is 4.06. The van der Waals surface area contributed by atoms with E-state index in [9.17, 15) is 4.79 Å². The van der Waals surface area contributed by atoms with Crippen LogP contribution < -0.4 is 0 Å². The number of esters is 1. The van der Waals surface area contributed by atoms with E-state index in [-0.39, 0.29) is 17.1 Å². The molecular formula is C20H18N2O2S2. The lowest BCUT2D eigenvalue weighted by molar-refractivity contribution is -0.140. The van der Waals surface area contributed by atoms with Crippen LogP contribution in [0.2, 0.25) is 0 Å². The van der Waals surface area contributed by atoms with Crippen molar-refractivity contribution in [3.63, 3.8) is 0 Å². The fourth-order valence-corrected chi connectivity index (χ4v) is 4.80. The van der Waals surface area contributed by atoms with Crippen LogP contribution in [0, 0.1) is 12.5 Å². The zero-order valence-corrected chi connectivity index (χ0v) is 16.4. The highest BCUT2D eigenvalue weighted by atomic mass is 32.2. The van der Waals surface area contributed by atoms with E-state index in [1.165, 1.54) is 30.4 Å². The number of methoxy groups -OCH3 is 1. The summed E-state index contributed by atoms with van der Waals surface area (Å²) in [5.41, 5.74) is 2.68. The Labute approximate surface area is 161 Å². The van der Waals surface area contributed by atoms with Crippen LogP contribution in [-0.2, 0) is 9.53 Å². The Morgan fingerprint density at radius 2 is 1.96 bits per heavy atom. The van der Waals surface area contributed by atoms with Gasteiger partial charge in [-0.25, -0.2) is 4.85 Å². The Bertz CT molecular complexity index is 972. The molecule has 0 bridgehead atoms. The number of carbonyl (C=O) groups is 1. The summed E-state index contributed by atoms with van der Waals surface area (Å²) in [7, 11) is 1.43. The topological polar surface area (TPSA) is 43.5 Å². The number of nitrogens with zero attached hydrogens (tertiary/aromatic N) is 2. The molecule has 0 aliphatic heterocycles. The predicted molar refractivity (Wildman–Crippen MR) is 108 cm³/mol. The van der Waals surface area contributed by atoms with Gasteiger partial charge in [0, 0.05) is 22.0 Å². The highest BCUT2D eigenvalue weighted by molar-refractivity contribution is 8.00.